The lowest BCUT2D eigenvalue weighted by atomic mass is 10.3. The zero-order valence-corrected chi connectivity index (χ0v) is 16.1. The molecular weight excluding hydrogens is 349 g/mol. The number of guanidine groups is 1. The Bertz CT molecular complexity index is 760. The number of allylic oxidation sites excluding steroid dienone is 1. The number of hydrogen-bond acceptors (Lipinski definition) is 4. The van der Waals surface area contributed by atoms with Crippen LogP contribution in [0.3, 0.4) is 0 Å². The lowest BCUT2D eigenvalue weighted by Crippen LogP contribution is -2.10. The molecule has 0 aliphatic carbocycles. The van der Waals surface area contributed by atoms with Crippen molar-refractivity contribution in [1.29, 1.82) is 0 Å². The first-order valence-electron chi connectivity index (χ1n) is 8.28. The van der Waals surface area contributed by atoms with E-state index >= 15 is 0 Å². The Labute approximate surface area is 158 Å². The predicted molar refractivity (Wildman–Crippen MR) is 109 cm³/mol. The molecule has 3 N–H and O–H groups in total. The molecule has 0 atom stereocenters. The predicted octanol–water partition coefficient (Wildman–Crippen LogP) is 5.08. The van der Waals surface area contributed by atoms with Gasteiger partial charge in [-0.15, -0.1) is 0 Å². The third-order valence-corrected chi connectivity index (χ3v) is 3.94. The van der Waals surface area contributed by atoms with Crippen LogP contribution in [0.1, 0.15) is 27.2 Å². The zero-order chi connectivity index (χ0) is 19.4. The molecule has 0 aliphatic rings. The summed E-state index contributed by atoms with van der Waals surface area (Å²) in [6.45, 7) is 9.28. The van der Waals surface area contributed by atoms with Gasteiger partial charge in [0.05, 0.1) is 0 Å². The number of nitrogens with two attached hydrogens (primary N) is 1. The van der Waals surface area contributed by atoms with E-state index in [0.29, 0.717) is 16.4 Å². The van der Waals surface area contributed by atoms with Crippen LogP contribution in [0.5, 0.6) is 0 Å². The summed E-state index contributed by atoms with van der Waals surface area (Å²) in [7, 11) is 0. The fourth-order valence-electron chi connectivity index (χ4n) is 1.82. The number of aliphatic imine (C=N–C) groups is 2. The highest BCUT2D eigenvalue weighted by molar-refractivity contribution is 7.99. The molecule has 0 bridgehead atoms. The van der Waals surface area contributed by atoms with Crippen LogP contribution in [0.15, 0.2) is 74.4 Å². The Balaban J connectivity index is 0.00000163. The molecule has 0 spiro atoms. The Morgan fingerprint density at radius 1 is 1.31 bits per heavy atom. The Morgan fingerprint density at radius 3 is 2.58 bits per heavy atom. The van der Waals surface area contributed by atoms with Crippen LogP contribution in [0, 0.1) is 5.82 Å². The van der Waals surface area contributed by atoms with Crippen LogP contribution in [0.25, 0.3) is 0 Å². The number of hydrogen-bond donors (Lipinski definition) is 2. The number of halogens is 1. The van der Waals surface area contributed by atoms with Crippen LogP contribution in [-0.4, -0.2) is 17.7 Å². The topological polar surface area (TPSA) is 75.7 Å². The van der Waals surface area contributed by atoms with E-state index in [-0.39, 0.29) is 11.8 Å². The van der Waals surface area contributed by atoms with Crippen molar-refractivity contribution < 1.29 is 4.39 Å². The molecule has 0 saturated heterocycles. The third kappa shape index (κ3) is 7.06. The molecule has 0 saturated carbocycles. The van der Waals surface area contributed by atoms with Gasteiger partial charge >= 0.3 is 0 Å². The highest BCUT2D eigenvalue weighted by Gasteiger charge is 2.07. The third-order valence-electron chi connectivity index (χ3n) is 2.88. The number of rotatable bonds is 6. The lowest BCUT2D eigenvalue weighted by molar-refractivity contribution is 0.602. The van der Waals surface area contributed by atoms with E-state index in [1.54, 1.807) is 24.5 Å². The summed E-state index contributed by atoms with van der Waals surface area (Å²) in [5.74, 6) is 0.223. The summed E-state index contributed by atoms with van der Waals surface area (Å²) < 4.78 is 14.3. The fraction of sp³-hybridized carbons (Fsp3) is 0.211. The molecule has 0 fully saturated rings. The molecule has 1 heterocycles. The summed E-state index contributed by atoms with van der Waals surface area (Å²) in [5, 5.41) is 3.02. The van der Waals surface area contributed by atoms with Gasteiger partial charge in [0.25, 0.3) is 0 Å². The maximum absolute atomic E-state index is 14.3. The first kappa shape index (κ1) is 21.4. The normalized spacial score (nSPS) is 11.4. The molecule has 1 aromatic heterocycles. The van der Waals surface area contributed by atoms with Gasteiger partial charge in [-0.3, -0.25) is 4.98 Å². The molecule has 26 heavy (non-hydrogen) atoms. The molecule has 0 radical (unpaired) electrons. The molecule has 5 nitrogen and oxygen atoms in total. The maximum atomic E-state index is 14.3. The molecule has 138 valence electrons. The molecule has 0 aliphatic heterocycles. The number of nitrogens with one attached hydrogen (secondary N) is 1. The minimum absolute atomic E-state index is 0.0486. The molecule has 2 rings (SSSR count). The average molecular weight is 374 g/mol. The van der Waals surface area contributed by atoms with E-state index in [0.717, 1.165) is 11.3 Å². The van der Waals surface area contributed by atoms with Gasteiger partial charge in [0.15, 0.2) is 0 Å². The monoisotopic (exact) mass is 373 g/mol. The second kappa shape index (κ2) is 11.8. The number of nitrogens with zero attached hydrogens (tertiary/aromatic N) is 3. The second-order valence-corrected chi connectivity index (χ2v) is 5.80. The Hall–Kier alpha value is -2.67. The van der Waals surface area contributed by atoms with Crippen LogP contribution >= 0.6 is 11.8 Å². The number of benzene rings is 1. The van der Waals surface area contributed by atoms with Crippen molar-refractivity contribution >= 4 is 30.1 Å². The van der Waals surface area contributed by atoms with E-state index in [9.17, 15) is 4.39 Å². The van der Waals surface area contributed by atoms with E-state index in [2.05, 4.69) is 27.0 Å². The van der Waals surface area contributed by atoms with E-state index in [1.807, 2.05) is 39.0 Å². The van der Waals surface area contributed by atoms with Crippen LogP contribution in [0.4, 0.5) is 10.1 Å². The number of anilines is 1. The quantitative estimate of drug-likeness (QED) is 0.547. The summed E-state index contributed by atoms with van der Waals surface area (Å²) in [5.41, 5.74) is 6.13. The SMILES string of the molecule is C=N/C(N)=N\C(=C/CC)Nc1ccc(Sc2ccncc2)c(F)c1.CC. The van der Waals surface area contributed by atoms with Gasteiger partial charge in [-0.05, 0) is 49.5 Å². The highest BCUT2D eigenvalue weighted by Crippen LogP contribution is 2.31. The Kier molecular flexibility index (Phi) is 9.71. The summed E-state index contributed by atoms with van der Waals surface area (Å²) >= 11 is 1.34. The van der Waals surface area contributed by atoms with Gasteiger partial charge < -0.3 is 11.1 Å². The van der Waals surface area contributed by atoms with Crippen LogP contribution in [0.2, 0.25) is 0 Å². The summed E-state index contributed by atoms with van der Waals surface area (Å²) in [6, 6.07) is 8.57. The molecular formula is C19H24FN5S. The van der Waals surface area contributed by atoms with Crippen molar-refractivity contribution in [2.24, 2.45) is 15.7 Å². The minimum Gasteiger partial charge on any atom is -0.368 e. The first-order valence-corrected chi connectivity index (χ1v) is 9.09. The molecule has 1 aromatic carbocycles. The maximum Gasteiger partial charge on any atom is 0.221 e. The van der Waals surface area contributed by atoms with Crippen molar-refractivity contribution in [1.82, 2.24) is 4.98 Å². The van der Waals surface area contributed by atoms with Gasteiger partial charge in [-0.1, -0.05) is 32.5 Å². The molecule has 2 aromatic rings. The van der Waals surface area contributed by atoms with Crippen molar-refractivity contribution in [2.45, 2.75) is 37.0 Å². The number of aromatic nitrogens is 1. The summed E-state index contributed by atoms with van der Waals surface area (Å²) in [4.78, 5) is 13.0. The van der Waals surface area contributed by atoms with E-state index < -0.39 is 0 Å². The Morgan fingerprint density at radius 2 is 2.00 bits per heavy atom. The van der Waals surface area contributed by atoms with Gasteiger partial charge in [-0.25, -0.2) is 9.38 Å². The second-order valence-electron chi connectivity index (χ2n) is 4.68. The van der Waals surface area contributed by atoms with Crippen molar-refractivity contribution in [3.05, 3.63) is 60.4 Å². The van der Waals surface area contributed by atoms with Crippen molar-refractivity contribution in [2.75, 3.05) is 5.32 Å². The largest absolute Gasteiger partial charge is 0.368 e. The van der Waals surface area contributed by atoms with Crippen LogP contribution < -0.4 is 11.1 Å². The molecule has 0 amide bonds. The van der Waals surface area contributed by atoms with Crippen LogP contribution in [-0.2, 0) is 0 Å². The van der Waals surface area contributed by atoms with Gasteiger partial charge in [0.2, 0.25) is 5.96 Å². The highest BCUT2D eigenvalue weighted by atomic mass is 32.2. The van der Waals surface area contributed by atoms with E-state index in [1.165, 1.54) is 17.8 Å². The smallest absolute Gasteiger partial charge is 0.221 e. The number of pyridine rings is 1. The van der Waals surface area contributed by atoms with Gasteiger partial charge in [-0.2, -0.15) is 4.99 Å². The molecule has 0 unspecified atom stereocenters. The summed E-state index contributed by atoms with van der Waals surface area (Å²) in [6.07, 6.45) is 5.92. The van der Waals surface area contributed by atoms with Crippen molar-refractivity contribution in [3.63, 3.8) is 0 Å². The minimum atomic E-state index is -0.323. The van der Waals surface area contributed by atoms with Gasteiger partial charge in [0.1, 0.15) is 11.6 Å². The zero-order valence-electron chi connectivity index (χ0n) is 15.2. The fourth-order valence-corrected chi connectivity index (χ4v) is 2.62. The standard InChI is InChI=1S/C17H18FN5S.C2H6/c1-3-4-16(23-17(19)20-2)22-12-5-6-15(14(18)11-12)24-13-7-9-21-10-8-13;1-2/h4-11,22H,2-3H2,1H3,(H2,19,23);1-2H3/b16-4-;. The van der Waals surface area contributed by atoms with Crippen molar-refractivity contribution in [3.8, 4) is 0 Å². The first-order chi connectivity index (χ1) is 12.6. The lowest BCUT2D eigenvalue weighted by Gasteiger charge is -2.09. The average Bonchev–Trinajstić information content (AvgIpc) is 2.66. The van der Waals surface area contributed by atoms with E-state index in [4.69, 9.17) is 5.73 Å². The van der Waals surface area contributed by atoms with Gasteiger partial charge in [0, 0.05) is 27.9 Å². The molecule has 7 heteroatoms.